The SMILES string of the molecule is C=C(CC(=C)SC(=N)N1CCC(CCCCCCCCCC)C1)NC1CCCC1. The highest BCUT2D eigenvalue weighted by atomic mass is 32.2. The van der Waals surface area contributed by atoms with Crippen LogP contribution in [0.2, 0.25) is 0 Å². The number of unbranched alkanes of at least 4 members (excludes halogenated alkanes) is 7. The number of thioether (sulfide) groups is 1. The van der Waals surface area contributed by atoms with E-state index in [1.165, 1.54) is 89.9 Å². The van der Waals surface area contributed by atoms with Crippen LogP contribution < -0.4 is 5.32 Å². The van der Waals surface area contributed by atoms with Gasteiger partial charge in [0.1, 0.15) is 0 Å². The van der Waals surface area contributed by atoms with E-state index in [9.17, 15) is 0 Å². The fraction of sp³-hybridized carbons (Fsp3) is 0.800. The summed E-state index contributed by atoms with van der Waals surface area (Å²) in [5, 5.41) is 12.7. The molecule has 1 unspecified atom stereocenters. The van der Waals surface area contributed by atoms with Gasteiger partial charge in [0.05, 0.1) is 0 Å². The molecule has 2 aliphatic rings. The van der Waals surface area contributed by atoms with E-state index in [1.54, 1.807) is 11.8 Å². The summed E-state index contributed by atoms with van der Waals surface area (Å²) >= 11 is 1.54. The first-order valence-corrected chi connectivity index (χ1v) is 13.0. The first-order chi connectivity index (χ1) is 14.1. The van der Waals surface area contributed by atoms with Crippen LogP contribution in [0.3, 0.4) is 0 Å². The number of hydrogen-bond donors (Lipinski definition) is 2. The molecule has 2 rings (SSSR count). The molecule has 166 valence electrons. The van der Waals surface area contributed by atoms with Gasteiger partial charge in [-0.25, -0.2) is 0 Å². The number of likely N-dealkylation sites (tertiary alicyclic amines) is 1. The molecule has 0 aromatic rings. The molecule has 1 saturated carbocycles. The topological polar surface area (TPSA) is 39.1 Å². The van der Waals surface area contributed by atoms with E-state index < -0.39 is 0 Å². The summed E-state index contributed by atoms with van der Waals surface area (Å²) in [6.07, 6.45) is 19.7. The summed E-state index contributed by atoms with van der Waals surface area (Å²) in [6.45, 7) is 12.8. The zero-order valence-corrected chi connectivity index (χ0v) is 19.8. The van der Waals surface area contributed by atoms with Crippen molar-refractivity contribution in [2.45, 2.75) is 109 Å². The van der Waals surface area contributed by atoms with Gasteiger partial charge in [-0.3, -0.25) is 5.41 Å². The van der Waals surface area contributed by atoms with Gasteiger partial charge in [0.2, 0.25) is 0 Å². The fourth-order valence-electron chi connectivity index (χ4n) is 4.70. The quantitative estimate of drug-likeness (QED) is 0.174. The number of rotatable bonds is 14. The third kappa shape index (κ3) is 10.1. The molecule has 4 heteroatoms. The molecule has 0 aromatic heterocycles. The number of hydrogen-bond acceptors (Lipinski definition) is 3. The Labute approximate surface area is 184 Å². The van der Waals surface area contributed by atoms with E-state index in [1.807, 2.05) is 0 Å². The van der Waals surface area contributed by atoms with Crippen LogP contribution in [0.4, 0.5) is 0 Å². The Bertz CT molecular complexity index is 510. The Morgan fingerprint density at radius 1 is 1.00 bits per heavy atom. The van der Waals surface area contributed by atoms with Gasteiger partial charge in [-0.05, 0) is 36.5 Å². The molecule has 0 bridgehead atoms. The van der Waals surface area contributed by atoms with Gasteiger partial charge in [-0.2, -0.15) is 0 Å². The van der Waals surface area contributed by atoms with Crippen molar-refractivity contribution in [3.63, 3.8) is 0 Å². The molecule has 1 atom stereocenters. The van der Waals surface area contributed by atoms with Crippen LogP contribution in [-0.2, 0) is 0 Å². The van der Waals surface area contributed by atoms with Crippen LogP contribution in [0.25, 0.3) is 0 Å². The lowest BCUT2D eigenvalue weighted by Crippen LogP contribution is -2.26. The Hall–Kier alpha value is -0.900. The Balaban J connectivity index is 1.52. The van der Waals surface area contributed by atoms with E-state index in [4.69, 9.17) is 5.41 Å². The van der Waals surface area contributed by atoms with Crippen LogP contribution in [0, 0.1) is 11.3 Å². The summed E-state index contributed by atoms with van der Waals surface area (Å²) in [5.74, 6) is 0.781. The second-order valence-corrected chi connectivity index (χ2v) is 10.4. The summed E-state index contributed by atoms with van der Waals surface area (Å²) in [6, 6.07) is 0.607. The molecule has 3 nitrogen and oxygen atoms in total. The van der Waals surface area contributed by atoms with E-state index in [0.29, 0.717) is 11.2 Å². The van der Waals surface area contributed by atoms with Crippen molar-refractivity contribution in [3.8, 4) is 0 Å². The molecule has 0 spiro atoms. The lowest BCUT2D eigenvalue weighted by atomic mass is 9.99. The maximum atomic E-state index is 8.48. The molecule has 29 heavy (non-hydrogen) atoms. The zero-order valence-electron chi connectivity index (χ0n) is 18.9. The number of nitrogens with one attached hydrogen (secondary N) is 2. The molecular formula is C25H45N3S. The molecule has 0 amide bonds. The van der Waals surface area contributed by atoms with E-state index in [2.05, 4.69) is 30.3 Å². The zero-order chi connectivity index (χ0) is 20.9. The molecule has 1 aliphatic carbocycles. The molecule has 1 aliphatic heterocycles. The van der Waals surface area contributed by atoms with Crippen molar-refractivity contribution in [3.05, 3.63) is 23.8 Å². The normalized spacial score (nSPS) is 19.6. The Morgan fingerprint density at radius 2 is 1.66 bits per heavy atom. The number of nitrogens with zero attached hydrogens (tertiary/aromatic N) is 1. The van der Waals surface area contributed by atoms with Crippen molar-refractivity contribution in [2.75, 3.05) is 13.1 Å². The molecular weight excluding hydrogens is 374 g/mol. The maximum Gasteiger partial charge on any atom is 0.160 e. The minimum Gasteiger partial charge on any atom is -0.386 e. The molecule has 1 saturated heterocycles. The average Bonchev–Trinajstić information content (AvgIpc) is 3.35. The van der Waals surface area contributed by atoms with Gasteiger partial charge in [0.25, 0.3) is 0 Å². The van der Waals surface area contributed by atoms with Crippen molar-refractivity contribution in [1.29, 1.82) is 5.41 Å². The van der Waals surface area contributed by atoms with Gasteiger partial charge in [-0.15, -0.1) is 0 Å². The van der Waals surface area contributed by atoms with Gasteiger partial charge in [-0.1, -0.05) is 96.1 Å². The Kier molecular flexibility index (Phi) is 11.9. The molecule has 2 fully saturated rings. The highest BCUT2D eigenvalue weighted by Crippen LogP contribution is 2.29. The van der Waals surface area contributed by atoms with Gasteiger partial charge in [0.15, 0.2) is 5.17 Å². The van der Waals surface area contributed by atoms with Crippen molar-refractivity contribution in [1.82, 2.24) is 10.2 Å². The van der Waals surface area contributed by atoms with Crippen molar-refractivity contribution in [2.24, 2.45) is 5.92 Å². The predicted octanol–water partition coefficient (Wildman–Crippen LogP) is 7.46. The van der Waals surface area contributed by atoms with Crippen LogP contribution in [-0.4, -0.2) is 29.2 Å². The average molecular weight is 420 g/mol. The monoisotopic (exact) mass is 419 g/mol. The van der Waals surface area contributed by atoms with Gasteiger partial charge in [0, 0.05) is 31.2 Å². The van der Waals surface area contributed by atoms with Crippen LogP contribution >= 0.6 is 11.8 Å². The van der Waals surface area contributed by atoms with E-state index in [0.717, 1.165) is 36.0 Å². The smallest absolute Gasteiger partial charge is 0.160 e. The second kappa shape index (κ2) is 14.2. The highest BCUT2D eigenvalue weighted by molar-refractivity contribution is 8.16. The first kappa shape index (κ1) is 24.4. The summed E-state index contributed by atoms with van der Waals surface area (Å²) < 4.78 is 0. The van der Waals surface area contributed by atoms with Gasteiger partial charge >= 0.3 is 0 Å². The van der Waals surface area contributed by atoms with E-state index >= 15 is 0 Å². The lowest BCUT2D eigenvalue weighted by Gasteiger charge is -2.21. The molecule has 0 aromatic carbocycles. The molecule has 2 N–H and O–H groups in total. The van der Waals surface area contributed by atoms with E-state index in [-0.39, 0.29) is 0 Å². The number of allylic oxidation sites excluding steroid dienone is 1. The van der Waals surface area contributed by atoms with Crippen molar-refractivity contribution < 1.29 is 0 Å². The minimum atomic E-state index is 0.607. The summed E-state index contributed by atoms with van der Waals surface area (Å²) in [7, 11) is 0. The lowest BCUT2D eigenvalue weighted by molar-refractivity contribution is 0.443. The first-order valence-electron chi connectivity index (χ1n) is 12.2. The molecule has 1 heterocycles. The highest BCUT2D eigenvalue weighted by Gasteiger charge is 2.24. The van der Waals surface area contributed by atoms with Crippen molar-refractivity contribution >= 4 is 16.9 Å². The van der Waals surface area contributed by atoms with Crippen LogP contribution in [0.15, 0.2) is 23.8 Å². The standard InChI is InChI=1S/C25H45N3S/c1-4-5-6-7-8-9-10-11-14-23-17-18-28(20-23)25(26)29-22(3)19-21(2)27-24-15-12-13-16-24/h23-24,26-27H,2-20H2,1H3. The third-order valence-electron chi connectivity index (χ3n) is 6.45. The Morgan fingerprint density at radius 3 is 2.34 bits per heavy atom. The largest absolute Gasteiger partial charge is 0.386 e. The second-order valence-electron chi connectivity index (χ2n) is 9.22. The minimum absolute atomic E-state index is 0.607. The van der Waals surface area contributed by atoms with Gasteiger partial charge < -0.3 is 10.2 Å². The number of amidine groups is 1. The predicted molar refractivity (Wildman–Crippen MR) is 131 cm³/mol. The van der Waals surface area contributed by atoms with Crippen LogP contribution in [0.1, 0.15) is 103 Å². The van der Waals surface area contributed by atoms with Crippen LogP contribution in [0.5, 0.6) is 0 Å². The summed E-state index contributed by atoms with van der Waals surface area (Å²) in [5.41, 5.74) is 1.07. The molecule has 0 radical (unpaired) electrons. The fourth-order valence-corrected chi connectivity index (χ4v) is 5.52. The summed E-state index contributed by atoms with van der Waals surface area (Å²) in [4.78, 5) is 3.30. The third-order valence-corrected chi connectivity index (χ3v) is 7.34. The maximum absolute atomic E-state index is 8.48.